The molecule has 0 spiro atoms. The van der Waals surface area contributed by atoms with Gasteiger partial charge in [-0.3, -0.25) is 23.8 Å². The Balaban J connectivity index is 2.90. The van der Waals surface area contributed by atoms with Crippen LogP contribution in [0.3, 0.4) is 0 Å². The Morgan fingerprint density at radius 1 is 0.854 bits per heavy atom. The Morgan fingerprint density at radius 3 is 1.83 bits per heavy atom. The van der Waals surface area contributed by atoms with Crippen molar-refractivity contribution in [1.82, 2.24) is 15.2 Å². The van der Waals surface area contributed by atoms with Crippen molar-refractivity contribution in [1.29, 1.82) is 0 Å². The van der Waals surface area contributed by atoms with E-state index in [1.807, 2.05) is 45.9 Å². The molecule has 2 atom stereocenters. The number of nitrogens with zero attached hydrogens (tertiary/aromatic N) is 1. The van der Waals surface area contributed by atoms with Crippen LogP contribution in [0.2, 0.25) is 0 Å². The molecule has 1 aromatic rings. The molecule has 0 saturated carbocycles. The van der Waals surface area contributed by atoms with E-state index < -0.39 is 31.5 Å². The summed E-state index contributed by atoms with van der Waals surface area (Å²) in [6.45, 7) is 12.0. The van der Waals surface area contributed by atoms with Gasteiger partial charge in [-0.25, -0.2) is 15.2 Å². The van der Waals surface area contributed by atoms with Crippen LogP contribution in [0.5, 0.6) is 0 Å². The zero-order valence-electron chi connectivity index (χ0n) is 26.0. The van der Waals surface area contributed by atoms with Crippen molar-refractivity contribution in [2.24, 2.45) is 11.8 Å². The zero-order chi connectivity index (χ0) is 30.8. The molecule has 0 aliphatic heterocycles. The maximum Gasteiger partial charge on any atom is 0.323 e. The van der Waals surface area contributed by atoms with E-state index in [4.69, 9.17) is 14.3 Å². The van der Waals surface area contributed by atoms with Crippen LogP contribution >= 0.6 is 7.44 Å². The van der Waals surface area contributed by atoms with E-state index in [0.29, 0.717) is 19.4 Å². The molecule has 10 nitrogen and oxygen atoms in total. The first-order chi connectivity index (χ1) is 19.4. The van der Waals surface area contributed by atoms with Crippen molar-refractivity contribution in [3.05, 3.63) is 35.9 Å². The van der Waals surface area contributed by atoms with Gasteiger partial charge in [0.1, 0.15) is 12.1 Å². The molecule has 1 amide bonds. The molecular formula is C30H52N3O7P. The van der Waals surface area contributed by atoms with Gasteiger partial charge in [-0.2, -0.15) is 0 Å². The van der Waals surface area contributed by atoms with Gasteiger partial charge >= 0.3 is 11.9 Å². The summed E-state index contributed by atoms with van der Waals surface area (Å²) < 4.78 is 24.8. The van der Waals surface area contributed by atoms with Crippen molar-refractivity contribution in [2.45, 2.75) is 92.2 Å². The number of ether oxygens (including phenoxy) is 2. The van der Waals surface area contributed by atoms with Crippen LogP contribution in [0, 0.1) is 11.8 Å². The number of carbonyl (C=O) groups excluding carboxylic acids is 3. The SMILES string of the molecule is CCOC(=O)[C@H](CC(C)C)NP(=O)(CCCC(=O)N(C)OCCCc1ccccc1)N[C@@H](CC(C)C)C(=O)OCC. The lowest BCUT2D eigenvalue weighted by Gasteiger charge is -2.30. The van der Waals surface area contributed by atoms with Crippen LogP contribution < -0.4 is 10.2 Å². The number of amides is 1. The van der Waals surface area contributed by atoms with Crippen LogP contribution in [0.15, 0.2) is 30.3 Å². The number of nitrogens with one attached hydrogen (secondary N) is 2. The minimum Gasteiger partial charge on any atom is -0.465 e. The molecule has 0 unspecified atom stereocenters. The standard InChI is InChI=1S/C30H52N3O7P/c1-8-38-29(35)26(21-23(3)4)31-41(37,32-27(22-24(5)6)30(36)39-9-2)20-14-18-28(34)33(7)40-19-13-17-25-15-11-10-12-16-25/h10-12,15-16,23-24,26-27H,8-9,13-14,17-22H2,1-7H3,(H2,31,32,37)/t26-,27-/m0/s1. The predicted molar refractivity (Wildman–Crippen MR) is 161 cm³/mol. The lowest BCUT2D eigenvalue weighted by atomic mass is 10.1. The molecule has 1 aromatic carbocycles. The highest BCUT2D eigenvalue weighted by Gasteiger charge is 2.35. The van der Waals surface area contributed by atoms with E-state index in [9.17, 15) is 18.9 Å². The number of aryl methyl sites for hydroxylation is 1. The molecule has 0 aliphatic carbocycles. The monoisotopic (exact) mass is 597 g/mol. The van der Waals surface area contributed by atoms with E-state index in [2.05, 4.69) is 22.3 Å². The van der Waals surface area contributed by atoms with Gasteiger partial charge in [0.05, 0.1) is 19.8 Å². The maximum absolute atomic E-state index is 14.3. The van der Waals surface area contributed by atoms with Crippen LogP contribution in [0.25, 0.3) is 0 Å². The molecule has 234 valence electrons. The number of benzene rings is 1. The second-order valence-electron chi connectivity index (χ2n) is 11.0. The van der Waals surface area contributed by atoms with Crippen LogP contribution in [-0.4, -0.2) is 68.0 Å². The Kier molecular flexibility index (Phi) is 17.7. The fourth-order valence-corrected chi connectivity index (χ4v) is 6.67. The van der Waals surface area contributed by atoms with Crippen LogP contribution in [0.4, 0.5) is 0 Å². The Labute approximate surface area is 246 Å². The third-order valence-corrected chi connectivity index (χ3v) is 8.64. The molecule has 1 rings (SSSR count). The summed E-state index contributed by atoms with van der Waals surface area (Å²) in [7, 11) is -1.99. The topological polar surface area (TPSA) is 123 Å². The number of esters is 2. The third kappa shape index (κ3) is 15.5. The summed E-state index contributed by atoms with van der Waals surface area (Å²) in [5, 5.41) is 7.25. The summed E-state index contributed by atoms with van der Waals surface area (Å²) in [5.41, 5.74) is 1.21. The molecule has 0 radical (unpaired) electrons. The van der Waals surface area contributed by atoms with Crippen molar-refractivity contribution >= 4 is 25.3 Å². The second-order valence-corrected chi connectivity index (χ2v) is 13.5. The van der Waals surface area contributed by atoms with Crippen molar-refractivity contribution in [2.75, 3.05) is 33.0 Å². The summed E-state index contributed by atoms with van der Waals surface area (Å²) in [6, 6.07) is 8.39. The lowest BCUT2D eigenvalue weighted by molar-refractivity contribution is -0.178. The minimum atomic E-state index is -3.56. The molecule has 0 fully saturated rings. The Hall–Kier alpha value is -2.26. The first-order valence-electron chi connectivity index (χ1n) is 14.8. The van der Waals surface area contributed by atoms with Crippen molar-refractivity contribution in [3.63, 3.8) is 0 Å². The molecule has 41 heavy (non-hydrogen) atoms. The summed E-state index contributed by atoms with van der Waals surface area (Å²) in [4.78, 5) is 43.8. The Bertz CT molecular complexity index is 921. The van der Waals surface area contributed by atoms with Gasteiger partial charge in [0.2, 0.25) is 13.4 Å². The normalized spacial score (nSPS) is 13.2. The summed E-state index contributed by atoms with van der Waals surface area (Å²) in [5.74, 6) is -1.00. The van der Waals surface area contributed by atoms with Crippen molar-refractivity contribution < 1.29 is 33.3 Å². The number of hydrogen-bond donors (Lipinski definition) is 2. The zero-order valence-corrected chi connectivity index (χ0v) is 26.9. The molecule has 0 aromatic heterocycles. The fraction of sp³-hybridized carbons (Fsp3) is 0.700. The minimum absolute atomic E-state index is 0.0442. The quantitative estimate of drug-likeness (QED) is 0.0860. The Morgan fingerprint density at radius 2 is 1.37 bits per heavy atom. The average Bonchev–Trinajstić information content (AvgIpc) is 2.90. The van der Waals surface area contributed by atoms with E-state index >= 15 is 0 Å². The fourth-order valence-electron chi connectivity index (χ4n) is 4.31. The highest BCUT2D eigenvalue weighted by molar-refractivity contribution is 7.59. The molecule has 2 N–H and O–H groups in total. The number of rotatable bonds is 21. The number of hydrogen-bond acceptors (Lipinski definition) is 7. The molecular weight excluding hydrogens is 545 g/mol. The second kappa shape index (κ2) is 19.8. The molecule has 0 bridgehead atoms. The van der Waals surface area contributed by atoms with E-state index in [-0.39, 0.29) is 50.0 Å². The summed E-state index contributed by atoms with van der Waals surface area (Å²) in [6.07, 6.45) is 2.80. The maximum atomic E-state index is 14.3. The van der Waals surface area contributed by atoms with Crippen LogP contribution in [0.1, 0.15) is 79.2 Å². The van der Waals surface area contributed by atoms with Crippen LogP contribution in [-0.2, 0) is 39.7 Å². The van der Waals surface area contributed by atoms with Gasteiger partial charge in [-0.1, -0.05) is 58.0 Å². The highest BCUT2D eigenvalue weighted by Crippen LogP contribution is 2.40. The highest BCUT2D eigenvalue weighted by atomic mass is 31.2. The molecule has 0 heterocycles. The number of carbonyl (C=O) groups is 3. The predicted octanol–water partition coefficient (Wildman–Crippen LogP) is 5.12. The van der Waals surface area contributed by atoms with E-state index in [1.54, 1.807) is 20.9 Å². The molecule has 0 saturated heterocycles. The third-order valence-electron chi connectivity index (χ3n) is 6.24. The lowest BCUT2D eigenvalue weighted by Crippen LogP contribution is -2.45. The van der Waals surface area contributed by atoms with Gasteiger partial charge in [-0.05, 0) is 63.4 Å². The van der Waals surface area contributed by atoms with Gasteiger partial charge in [-0.15, -0.1) is 0 Å². The van der Waals surface area contributed by atoms with Gasteiger partial charge in [0.15, 0.2) is 0 Å². The molecule has 11 heteroatoms. The largest absolute Gasteiger partial charge is 0.465 e. The molecule has 0 aliphatic rings. The van der Waals surface area contributed by atoms with Gasteiger partial charge < -0.3 is 9.47 Å². The van der Waals surface area contributed by atoms with Gasteiger partial charge in [0, 0.05) is 19.6 Å². The first kappa shape index (κ1) is 36.8. The van der Waals surface area contributed by atoms with E-state index in [1.165, 1.54) is 10.6 Å². The first-order valence-corrected chi connectivity index (χ1v) is 16.7. The summed E-state index contributed by atoms with van der Waals surface area (Å²) >= 11 is 0. The average molecular weight is 598 g/mol. The smallest absolute Gasteiger partial charge is 0.323 e. The van der Waals surface area contributed by atoms with Crippen molar-refractivity contribution in [3.8, 4) is 0 Å². The van der Waals surface area contributed by atoms with Gasteiger partial charge in [0.25, 0.3) is 0 Å². The number of hydroxylamine groups is 2. The van der Waals surface area contributed by atoms with E-state index in [0.717, 1.165) is 12.8 Å².